The van der Waals surface area contributed by atoms with Gasteiger partial charge in [0, 0.05) is 7.11 Å². The van der Waals surface area contributed by atoms with Crippen molar-refractivity contribution in [1.82, 2.24) is 14.6 Å². The molecular weight excluding hydrogens is 300 g/mol. The molecule has 126 valence electrons. The normalized spacial score (nSPS) is 26.5. The number of nitrogens with two attached hydrogens (primary N) is 1. The Morgan fingerprint density at radius 2 is 2.17 bits per heavy atom. The van der Waals surface area contributed by atoms with Gasteiger partial charge < -0.3 is 25.1 Å². The first kappa shape index (κ1) is 16.1. The fourth-order valence-corrected chi connectivity index (χ4v) is 2.88. The van der Waals surface area contributed by atoms with Crippen molar-refractivity contribution in [3.05, 3.63) is 24.2 Å². The van der Waals surface area contributed by atoms with E-state index in [-0.39, 0.29) is 6.61 Å². The van der Waals surface area contributed by atoms with E-state index in [1.54, 1.807) is 18.5 Å². The monoisotopic (exact) mass is 322 g/mol. The van der Waals surface area contributed by atoms with Crippen LogP contribution in [-0.4, -0.2) is 50.9 Å². The second-order valence-electron chi connectivity index (χ2n) is 6.35. The molecule has 2 aromatic rings. The van der Waals surface area contributed by atoms with Gasteiger partial charge in [0.25, 0.3) is 0 Å². The molecule has 3 rings (SSSR count). The maximum absolute atomic E-state index is 9.78. The lowest BCUT2D eigenvalue weighted by atomic mass is 9.93. The topological polar surface area (TPSA) is 104 Å². The molecule has 0 unspecified atom stereocenters. The summed E-state index contributed by atoms with van der Waals surface area (Å²) < 4.78 is 19.3. The van der Waals surface area contributed by atoms with E-state index in [9.17, 15) is 5.11 Å². The minimum atomic E-state index is -0.916. The van der Waals surface area contributed by atoms with Crippen molar-refractivity contribution in [3.8, 4) is 0 Å². The van der Waals surface area contributed by atoms with Gasteiger partial charge in [-0.3, -0.25) is 0 Å². The third kappa shape index (κ3) is 2.57. The van der Waals surface area contributed by atoms with Gasteiger partial charge in [0.15, 0.2) is 11.6 Å². The first-order chi connectivity index (χ1) is 10.8. The molecular formula is C15H22N4O4. The van der Waals surface area contributed by atoms with Crippen molar-refractivity contribution in [3.63, 3.8) is 0 Å². The van der Waals surface area contributed by atoms with Crippen LogP contribution in [0.2, 0.25) is 0 Å². The van der Waals surface area contributed by atoms with E-state index in [1.807, 2.05) is 26.0 Å². The Hall–Kier alpha value is -1.74. The number of fused-ring (bicyclic) bond motifs is 1. The van der Waals surface area contributed by atoms with E-state index in [0.717, 1.165) is 5.69 Å². The predicted molar refractivity (Wildman–Crippen MR) is 82.7 cm³/mol. The lowest BCUT2D eigenvalue weighted by Gasteiger charge is -2.34. The van der Waals surface area contributed by atoms with Gasteiger partial charge in [-0.1, -0.05) is 0 Å². The Kier molecular flexibility index (Phi) is 3.80. The average molecular weight is 322 g/mol. The molecule has 1 aliphatic heterocycles. The van der Waals surface area contributed by atoms with Gasteiger partial charge in [-0.05, 0) is 32.9 Å². The molecule has 1 saturated heterocycles. The number of anilines is 1. The summed E-state index contributed by atoms with van der Waals surface area (Å²) >= 11 is 0. The Bertz CT molecular complexity index is 711. The average Bonchev–Trinajstić information content (AvgIpc) is 3.08. The second kappa shape index (κ2) is 5.41. The molecule has 23 heavy (non-hydrogen) atoms. The summed E-state index contributed by atoms with van der Waals surface area (Å²) in [6, 6.07) is 3.70. The Labute approximate surface area is 134 Å². The summed E-state index contributed by atoms with van der Waals surface area (Å²) in [6.45, 7) is 5.23. The molecule has 1 aliphatic rings. The van der Waals surface area contributed by atoms with Crippen LogP contribution in [0.25, 0.3) is 5.52 Å². The smallest absolute Gasteiger partial charge is 0.164 e. The van der Waals surface area contributed by atoms with Crippen molar-refractivity contribution >= 4 is 11.3 Å². The second-order valence-corrected chi connectivity index (χ2v) is 6.35. The van der Waals surface area contributed by atoms with E-state index in [1.165, 1.54) is 6.33 Å². The van der Waals surface area contributed by atoms with Gasteiger partial charge >= 0.3 is 0 Å². The van der Waals surface area contributed by atoms with Gasteiger partial charge in [-0.15, -0.1) is 0 Å². The molecule has 3 N–H and O–H groups in total. The highest BCUT2D eigenvalue weighted by atomic mass is 16.8. The zero-order valence-electron chi connectivity index (χ0n) is 13.7. The number of hydrogen-bond acceptors (Lipinski definition) is 7. The number of rotatable bonds is 4. The van der Waals surface area contributed by atoms with Crippen LogP contribution in [0.3, 0.4) is 0 Å². The third-order valence-corrected chi connectivity index (χ3v) is 4.28. The number of aliphatic hydroxyl groups is 1. The SMILES string of the molecule is CO[C@](C)(CO)[C@H]1OC(C)(C)O[C@H]1c1ccc2c(N)ncnn12. The van der Waals surface area contributed by atoms with Gasteiger partial charge in [0.1, 0.15) is 29.7 Å². The minimum absolute atomic E-state index is 0.204. The van der Waals surface area contributed by atoms with Gasteiger partial charge in [0.2, 0.25) is 0 Å². The summed E-state index contributed by atoms with van der Waals surface area (Å²) in [5.74, 6) is -0.426. The van der Waals surface area contributed by atoms with E-state index in [0.29, 0.717) is 11.3 Å². The van der Waals surface area contributed by atoms with Crippen LogP contribution in [-0.2, 0) is 14.2 Å². The van der Waals surface area contributed by atoms with Crippen molar-refractivity contribution in [2.24, 2.45) is 0 Å². The first-order valence-corrected chi connectivity index (χ1v) is 7.41. The number of ether oxygens (including phenoxy) is 3. The Morgan fingerprint density at radius 1 is 1.43 bits per heavy atom. The van der Waals surface area contributed by atoms with Crippen LogP contribution < -0.4 is 5.73 Å². The zero-order valence-corrected chi connectivity index (χ0v) is 13.7. The quantitative estimate of drug-likeness (QED) is 0.862. The number of aliphatic hydroxyl groups excluding tert-OH is 1. The van der Waals surface area contributed by atoms with Crippen LogP contribution in [0.1, 0.15) is 32.6 Å². The van der Waals surface area contributed by atoms with Gasteiger partial charge in [-0.25, -0.2) is 9.50 Å². The molecule has 0 saturated carbocycles. The summed E-state index contributed by atoms with van der Waals surface area (Å²) in [4.78, 5) is 3.99. The summed E-state index contributed by atoms with van der Waals surface area (Å²) in [6.07, 6.45) is 0.407. The highest BCUT2D eigenvalue weighted by molar-refractivity contribution is 5.65. The van der Waals surface area contributed by atoms with Gasteiger partial charge in [-0.2, -0.15) is 5.10 Å². The largest absolute Gasteiger partial charge is 0.393 e. The van der Waals surface area contributed by atoms with E-state index in [2.05, 4.69) is 10.1 Å². The van der Waals surface area contributed by atoms with Crippen molar-refractivity contribution < 1.29 is 19.3 Å². The molecule has 0 aliphatic carbocycles. The number of nitrogen functional groups attached to an aromatic ring is 1. The minimum Gasteiger partial charge on any atom is -0.393 e. The zero-order chi connectivity index (χ0) is 16.8. The highest BCUT2D eigenvalue weighted by Gasteiger charge is 2.52. The fraction of sp³-hybridized carbons (Fsp3) is 0.600. The summed E-state index contributed by atoms with van der Waals surface area (Å²) in [5.41, 5.74) is 6.43. The number of aromatic nitrogens is 3. The highest BCUT2D eigenvalue weighted by Crippen LogP contribution is 2.43. The van der Waals surface area contributed by atoms with E-state index in [4.69, 9.17) is 19.9 Å². The van der Waals surface area contributed by atoms with Crippen LogP contribution in [0.4, 0.5) is 5.82 Å². The van der Waals surface area contributed by atoms with Crippen LogP contribution in [0.15, 0.2) is 18.5 Å². The molecule has 0 spiro atoms. The van der Waals surface area contributed by atoms with Crippen molar-refractivity contribution in [2.75, 3.05) is 19.5 Å². The molecule has 2 aromatic heterocycles. The number of nitrogens with zero attached hydrogens (tertiary/aromatic N) is 3. The standard InChI is InChI=1S/C15H22N4O4/c1-14(2)22-11(12(23-14)15(3,7-20)21-4)9-5-6-10-13(16)17-8-18-19(9)10/h5-6,8,11-12,20H,7H2,1-4H3,(H2,16,17,18)/t11-,12-,15+/m0/s1. The molecule has 0 bridgehead atoms. The number of methoxy groups -OCH3 is 1. The van der Waals surface area contributed by atoms with Crippen molar-refractivity contribution in [2.45, 2.75) is 44.4 Å². The lowest BCUT2D eigenvalue weighted by Crippen LogP contribution is -2.47. The maximum Gasteiger partial charge on any atom is 0.164 e. The molecule has 3 atom stereocenters. The summed E-state index contributed by atoms with van der Waals surface area (Å²) in [7, 11) is 1.54. The maximum atomic E-state index is 9.78. The Morgan fingerprint density at radius 3 is 2.83 bits per heavy atom. The lowest BCUT2D eigenvalue weighted by molar-refractivity contribution is -0.180. The fourth-order valence-electron chi connectivity index (χ4n) is 2.88. The third-order valence-electron chi connectivity index (χ3n) is 4.28. The Balaban J connectivity index is 2.09. The molecule has 0 aromatic carbocycles. The molecule has 0 amide bonds. The molecule has 0 radical (unpaired) electrons. The van der Waals surface area contributed by atoms with Crippen LogP contribution >= 0.6 is 0 Å². The first-order valence-electron chi connectivity index (χ1n) is 7.41. The summed E-state index contributed by atoms with van der Waals surface area (Å²) in [5, 5.41) is 14.0. The van der Waals surface area contributed by atoms with Crippen LogP contribution in [0, 0.1) is 0 Å². The molecule has 8 nitrogen and oxygen atoms in total. The number of hydrogen-bond donors (Lipinski definition) is 2. The molecule has 3 heterocycles. The molecule has 8 heteroatoms. The predicted octanol–water partition coefficient (Wildman–Crippen LogP) is 0.901. The van der Waals surface area contributed by atoms with Gasteiger partial charge in [0.05, 0.1) is 12.3 Å². The van der Waals surface area contributed by atoms with E-state index < -0.39 is 23.6 Å². The molecule has 1 fully saturated rings. The van der Waals surface area contributed by atoms with Crippen LogP contribution in [0.5, 0.6) is 0 Å². The van der Waals surface area contributed by atoms with E-state index >= 15 is 0 Å². The van der Waals surface area contributed by atoms with Crippen molar-refractivity contribution in [1.29, 1.82) is 0 Å².